The van der Waals surface area contributed by atoms with Crippen molar-refractivity contribution in [3.63, 3.8) is 0 Å². The van der Waals surface area contributed by atoms with Crippen LogP contribution in [0.15, 0.2) is 0 Å². The lowest BCUT2D eigenvalue weighted by Crippen LogP contribution is -2.51. The molecule has 1 rings (SSSR count). The number of hydrogen-bond acceptors (Lipinski definition) is 2. The van der Waals surface area contributed by atoms with Gasteiger partial charge in [-0.1, -0.05) is 6.92 Å². The molecule has 88 valence electrons. The zero-order chi connectivity index (χ0) is 11.4. The van der Waals surface area contributed by atoms with E-state index in [1.165, 1.54) is 0 Å². The van der Waals surface area contributed by atoms with Gasteiger partial charge in [-0.25, -0.2) is 4.79 Å². The van der Waals surface area contributed by atoms with E-state index in [9.17, 15) is 4.79 Å². The molecule has 2 atom stereocenters. The van der Waals surface area contributed by atoms with Crippen molar-refractivity contribution in [2.24, 2.45) is 5.92 Å². The summed E-state index contributed by atoms with van der Waals surface area (Å²) in [5, 5.41) is 3.10. The third-order valence-corrected chi connectivity index (χ3v) is 3.24. The van der Waals surface area contributed by atoms with Gasteiger partial charge < -0.3 is 15.1 Å². The second kappa shape index (κ2) is 5.35. The molecule has 0 aliphatic carbocycles. The van der Waals surface area contributed by atoms with Crippen molar-refractivity contribution in [1.82, 2.24) is 15.1 Å². The van der Waals surface area contributed by atoms with Gasteiger partial charge in [0.05, 0.1) is 0 Å². The number of piperidine rings is 1. The maximum Gasteiger partial charge on any atom is 0.317 e. The third kappa shape index (κ3) is 3.38. The summed E-state index contributed by atoms with van der Waals surface area (Å²) in [6.07, 6.45) is 1.06. The molecule has 15 heavy (non-hydrogen) atoms. The first-order valence-corrected chi connectivity index (χ1v) is 5.74. The van der Waals surface area contributed by atoms with Gasteiger partial charge in [-0.15, -0.1) is 0 Å². The van der Waals surface area contributed by atoms with E-state index in [0.717, 1.165) is 26.1 Å². The fraction of sp³-hybridized carbons (Fsp3) is 0.909. The Bertz CT molecular complexity index is 220. The third-order valence-electron chi connectivity index (χ3n) is 3.24. The minimum absolute atomic E-state index is 0.0545. The first kappa shape index (κ1) is 12.3. The number of nitrogens with one attached hydrogen (secondary N) is 1. The second-order valence-corrected chi connectivity index (χ2v) is 4.60. The van der Waals surface area contributed by atoms with Crippen molar-refractivity contribution in [2.45, 2.75) is 26.3 Å². The van der Waals surface area contributed by atoms with E-state index in [1.807, 2.05) is 14.0 Å². The number of hydrogen-bond donors (Lipinski definition) is 1. The van der Waals surface area contributed by atoms with Crippen molar-refractivity contribution in [3.05, 3.63) is 0 Å². The van der Waals surface area contributed by atoms with E-state index in [4.69, 9.17) is 0 Å². The van der Waals surface area contributed by atoms with Gasteiger partial charge >= 0.3 is 6.03 Å². The molecule has 2 amide bonds. The highest BCUT2D eigenvalue weighted by Gasteiger charge is 2.25. The summed E-state index contributed by atoms with van der Waals surface area (Å²) < 4.78 is 0. The van der Waals surface area contributed by atoms with Gasteiger partial charge in [-0.2, -0.15) is 0 Å². The Labute approximate surface area is 92.6 Å². The predicted molar refractivity (Wildman–Crippen MR) is 61.9 cm³/mol. The highest BCUT2D eigenvalue weighted by Crippen LogP contribution is 2.15. The van der Waals surface area contributed by atoms with Crippen molar-refractivity contribution < 1.29 is 4.79 Å². The molecule has 4 nitrogen and oxygen atoms in total. The van der Waals surface area contributed by atoms with E-state index >= 15 is 0 Å². The smallest absolute Gasteiger partial charge is 0.317 e. The number of nitrogens with zero attached hydrogens (tertiary/aromatic N) is 2. The molecular formula is C11H23N3O. The van der Waals surface area contributed by atoms with Crippen LogP contribution in [0.3, 0.4) is 0 Å². The molecule has 0 aromatic heterocycles. The molecule has 0 bridgehead atoms. The van der Waals surface area contributed by atoms with Crippen LogP contribution in [0.5, 0.6) is 0 Å². The van der Waals surface area contributed by atoms with Crippen LogP contribution in [0.2, 0.25) is 0 Å². The minimum Gasteiger partial charge on any atom is -0.335 e. The van der Waals surface area contributed by atoms with Gasteiger partial charge in [0, 0.05) is 26.2 Å². The summed E-state index contributed by atoms with van der Waals surface area (Å²) in [5.41, 5.74) is 0. The molecule has 1 aliphatic rings. The lowest BCUT2D eigenvalue weighted by Gasteiger charge is -2.35. The molecule has 0 aromatic rings. The molecule has 1 heterocycles. The Morgan fingerprint density at radius 1 is 1.60 bits per heavy atom. The average molecular weight is 213 g/mol. The van der Waals surface area contributed by atoms with Crippen molar-refractivity contribution in [3.8, 4) is 0 Å². The zero-order valence-electron chi connectivity index (χ0n) is 10.3. The summed E-state index contributed by atoms with van der Waals surface area (Å²) in [6, 6.07) is 0.390. The maximum atomic E-state index is 11.7. The first-order chi connectivity index (χ1) is 7.04. The van der Waals surface area contributed by atoms with Crippen LogP contribution < -0.4 is 5.32 Å². The van der Waals surface area contributed by atoms with E-state index in [0.29, 0.717) is 12.0 Å². The van der Waals surface area contributed by atoms with Crippen molar-refractivity contribution in [2.75, 3.05) is 33.7 Å². The number of carbonyl (C=O) groups excluding carboxylic acids is 1. The Morgan fingerprint density at radius 2 is 2.27 bits per heavy atom. The zero-order valence-corrected chi connectivity index (χ0v) is 10.3. The van der Waals surface area contributed by atoms with Gasteiger partial charge in [0.1, 0.15) is 0 Å². The Hall–Kier alpha value is -0.770. The normalized spacial score (nSPS) is 27.5. The SMILES string of the molecule is CCN(C)C(=O)NC1CCN(C)CC1C. The van der Waals surface area contributed by atoms with Crippen LogP contribution in [0.1, 0.15) is 20.3 Å². The molecule has 1 N–H and O–H groups in total. The van der Waals surface area contributed by atoms with Crippen LogP contribution in [-0.2, 0) is 0 Å². The highest BCUT2D eigenvalue weighted by molar-refractivity contribution is 5.74. The van der Waals surface area contributed by atoms with Gasteiger partial charge in [-0.3, -0.25) is 0 Å². The Balaban J connectivity index is 2.41. The topological polar surface area (TPSA) is 35.6 Å². The number of amides is 2. The Kier molecular flexibility index (Phi) is 4.39. The summed E-state index contributed by atoms with van der Waals surface area (Å²) >= 11 is 0. The molecule has 4 heteroatoms. The highest BCUT2D eigenvalue weighted by atomic mass is 16.2. The van der Waals surface area contributed by atoms with E-state index < -0.39 is 0 Å². The van der Waals surface area contributed by atoms with Gasteiger partial charge in [-0.05, 0) is 32.9 Å². The summed E-state index contributed by atoms with van der Waals surface area (Å²) in [6.45, 7) is 7.09. The van der Waals surface area contributed by atoms with Gasteiger partial charge in [0.25, 0.3) is 0 Å². The first-order valence-electron chi connectivity index (χ1n) is 5.74. The fourth-order valence-corrected chi connectivity index (χ4v) is 1.98. The minimum atomic E-state index is 0.0545. The Morgan fingerprint density at radius 3 is 2.80 bits per heavy atom. The molecule has 1 aliphatic heterocycles. The van der Waals surface area contributed by atoms with Crippen molar-refractivity contribution in [1.29, 1.82) is 0 Å². The molecule has 1 saturated heterocycles. The number of urea groups is 1. The molecule has 0 radical (unpaired) electrons. The fourth-order valence-electron chi connectivity index (χ4n) is 1.98. The molecule has 0 saturated carbocycles. The lowest BCUT2D eigenvalue weighted by atomic mass is 9.94. The molecule has 1 fully saturated rings. The maximum absolute atomic E-state index is 11.7. The van der Waals surface area contributed by atoms with Crippen molar-refractivity contribution >= 4 is 6.03 Å². The average Bonchev–Trinajstić information content (AvgIpc) is 2.20. The summed E-state index contributed by atoms with van der Waals surface area (Å²) in [7, 11) is 3.96. The summed E-state index contributed by atoms with van der Waals surface area (Å²) in [4.78, 5) is 15.7. The van der Waals surface area contributed by atoms with Crippen LogP contribution in [0.4, 0.5) is 4.79 Å². The van der Waals surface area contributed by atoms with E-state index in [2.05, 4.69) is 24.2 Å². The number of carbonyl (C=O) groups is 1. The molecule has 2 unspecified atom stereocenters. The van der Waals surface area contributed by atoms with E-state index in [1.54, 1.807) is 4.90 Å². The lowest BCUT2D eigenvalue weighted by molar-refractivity contribution is 0.162. The van der Waals surface area contributed by atoms with Crippen LogP contribution in [0, 0.1) is 5.92 Å². The van der Waals surface area contributed by atoms with Crippen LogP contribution >= 0.6 is 0 Å². The quantitative estimate of drug-likeness (QED) is 0.742. The molecule has 0 aromatic carbocycles. The monoisotopic (exact) mass is 213 g/mol. The second-order valence-electron chi connectivity index (χ2n) is 4.60. The predicted octanol–water partition coefficient (Wildman–Crippen LogP) is 0.988. The van der Waals surface area contributed by atoms with Crippen LogP contribution in [-0.4, -0.2) is 55.6 Å². The van der Waals surface area contributed by atoms with Crippen LogP contribution in [0.25, 0.3) is 0 Å². The standard InChI is InChI=1S/C11H23N3O/c1-5-14(4)11(15)12-10-6-7-13(3)8-9(10)2/h9-10H,5-8H2,1-4H3,(H,12,15). The summed E-state index contributed by atoms with van der Waals surface area (Å²) in [5.74, 6) is 0.540. The van der Waals surface area contributed by atoms with E-state index in [-0.39, 0.29) is 6.03 Å². The molecular weight excluding hydrogens is 190 g/mol. The molecule has 0 spiro atoms. The largest absolute Gasteiger partial charge is 0.335 e. The van der Waals surface area contributed by atoms with Gasteiger partial charge in [0.15, 0.2) is 0 Å². The number of likely N-dealkylation sites (tertiary alicyclic amines) is 1. The number of rotatable bonds is 2. The van der Waals surface area contributed by atoms with Gasteiger partial charge in [0.2, 0.25) is 0 Å².